The summed E-state index contributed by atoms with van der Waals surface area (Å²) in [5, 5.41) is 7.61. The third kappa shape index (κ3) is 3.69. The zero-order valence-electron chi connectivity index (χ0n) is 10.2. The van der Waals surface area contributed by atoms with Crippen molar-refractivity contribution >= 4 is 5.91 Å². The van der Waals surface area contributed by atoms with Crippen LogP contribution in [0.4, 0.5) is 13.2 Å². The molecule has 0 aliphatic heterocycles. The number of hydrogen-bond acceptors (Lipinski definition) is 4. The molecule has 1 heterocycles. The summed E-state index contributed by atoms with van der Waals surface area (Å²) in [5.41, 5.74) is 0. The van der Waals surface area contributed by atoms with Gasteiger partial charge >= 0.3 is 6.18 Å². The Morgan fingerprint density at radius 2 is 2.11 bits per heavy atom. The number of alkyl halides is 3. The van der Waals surface area contributed by atoms with Crippen LogP contribution in [0.5, 0.6) is 0 Å². The predicted octanol–water partition coefficient (Wildman–Crippen LogP) is 0.390. The number of hydrogen-bond donors (Lipinski definition) is 2. The molecule has 1 amide bonds. The van der Waals surface area contributed by atoms with Crippen molar-refractivity contribution in [2.45, 2.75) is 25.7 Å². The number of aromatic amines is 1. The molecule has 18 heavy (non-hydrogen) atoms. The van der Waals surface area contributed by atoms with Gasteiger partial charge in [-0.2, -0.15) is 13.2 Å². The number of aromatic nitrogens is 3. The standard InChI is InChI=1S/C9H14F3N5O/c1-5(17(2)3)7(18)13-4-6-14-8(16-15-6)9(10,11)12/h5H,4H2,1-3H3,(H,13,18)(H,14,15,16)/t5-/m0/s1. The summed E-state index contributed by atoms with van der Waals surface area (Å²) in [4.78, 5) is 16.4. The third-order valence-corrected chi connectivity index (χ3v) is 2.37. The number of amides is 1. The van der Waals surface area contributed by atoms with E-state index in [0.29, 0.717) is 0 Å². The quantitative estimate of drug-likeness (QED) is 0.826. The maximum absolute atomic E-state index is 12.2. The van der Waals surface area contributed by atoms with Crippen LogP contribution in [0.25, 0.3) is 0 Å². The highest BCUT2D eigenvalue weighted by Crippen LogP contribution is 2.25. The fourth-order valence-corrected chi connectivity index (χ4v) is 1.05. The molecule has 0 unspecified atom stereocenters. The average molecular weight is 265 g/mol. The minimum atomic E-state index is -4.59. The smallest absolute Gasteiger partial charge is 0.347 e. The van der Waals surface area contributed by atoms with Crippen molar-refractivity contribution in [3.63, 3.8) is 0 Å². The van der Waals surface area contributed by atoms with Crippen LogP contribution in [0.2, 0.25) is 0 Å². The number of carbonyl (C=O) groups excluding carboxylic acids is 1. The van der Waals surface area contributed by atoms with Gasteiger partial charge in [-0.25, -0.2) is 4.98 Å². The van der Waals surface area contributed by atoms with Crippen molar-refractivity contribution < 1.29 is 18.0 Å². The first kappa shape index (κ1) is 14.4. The number of carbonyl (C=O) groups is 1. The molecule has 0 aromatic carbocycles. The Morgan fingerprint density at radius 1 is 1.50 bits per heavy atom. The molecule has 1 aromatic rings. The Bertz CT molecular complexity index is 415. The van der Waals surface area contributed by atoms with E-state index in [4.69, 9.17) is 0 Å². The van der Waals surface area contributed by atoms with E-state index in [2.05, 4.69) is 20.5 Å². The molecule has 1 rings (SSSR count). The van der Waals surface area contributed by atoms with Crippen LogP contribution >= 0.6 is 0 Å². The number of likely N-dealkylation sites (N-methyl/N-ethyl adjacent to an activating group) is 1. The van der Waals surface area contributed by atoms with Crippen LogP contribution in [0.1, 0.15) is 18.6 Å². The molecule has 6 nitrogen and oxygen atoms in total. The molecule has 1 atom stereocenters. The van der Waals surface area contributed by atoms with Crippen LogP contribution < -0.4 is 5.32 Å². The van der Waals surface area contributed by atoms with E-state index in [1.807, 2.05) is 0 Å². The fourth-order valence-electron chi connectivity index (χ4n) is 1.05. The topological polar surface area (TPSA) is 73.9 Å². The first-order valence-electron chi connectivity index (χ1n) is 5.14. The number of halogens is 3. The van der Waals surface area contributed by atoms with Crippen molar-refractivity contribution in [2.24, 2.45) is 0 Å². The van der Waals surface area contributed by atoms with Gasteiger partial charge in [-0.15, -0.1) is 5.10 Å². The van der Waals surface area contributed by atoms with Gasteiger partial charge in [0.2, 0.25) is 5.91 Å². The van der Waals surface area contributed by atoms with Crippen LogP contribution in [-0.4, -0.2) is 46.1 Å². The van der Waals surface area contributed by atoms with Crippen molar-refractivity contribution in [1.82, 2.24) is 25.4 Å². The Morgan fingerprint density at radius 3 is 2.56 bits per heavy atom. The van der Waals surface area contributed by atoms with Gasteiger partial charge in [0.15, 0.2) is 0 Å². The van der Waals surface area contributed by atoms with Crippen molar-refractivity contribution in [1.29, 1.82) is 0 Å². The van der Waals surface area contributed by atoms with Crippen LogP contribution in [0, 0.1) is 0 Å². The predicted molar refractivity (Wildman–Crippen MR) is 56.4 cm³/mol. The van der Waals surface area contributed by atoms with E-state index in [0.717, 1.165) is 0 Å². The first-order valence-corrected chi connectivity index (χ1v) is 5.14. The van der Waals surface area contributed by atoms with E-state index in [1.165, 1.54) is 0 Å². The first-order chi connectivity index (χ1) is 8.21. The lowest BCUT2D eigenvalue weighted by Crippen LogP contribution is -2.41. The highest BCUT2D eigenvalue weighted by atomic mass is 19.4. The highest BCUT2D eigenvalue weighted by molar-refractivity contribution is 5.81. The van der Waals surface area contributed by atoms with Gasteiger partial charge in [-0.05, 0) is 21.0 Å². The van der Waals surface area contributed by atoms with Crippen LogP contribution in [0.3, 0.4) is 0 Å². The summed E-state index contributed by atoms with van der Waals surface area (Å²) in [6.45, 7) is 1.55. The van der Waals surface area contributed by atoms with Gasteiger partial charge in [0.1, 0.15) is 5.82 Å². The molecular formula is C9H14F3N5O. The Hall–Kier alpha value is -1.64. The van der Waals surface area contributed by atoms with E-state index in [-0.39, 0.29) is 24.3 Å². The largest absolute Gasteiger partial charge is 0.453 e. The SMILES string of the molecule is C[C@@H](C(=O)NCc1nc(C(F)(F)F)n[nH]1)N(C)C. The molecule has 9 heteroatoms. The summed E-state index contributed by atoms with van der Waals surface area (Å²) in [7, 11) is 3.45. The molecule has 0 spiro atoms. The van der Waals surface area contributed by atoms with Gasteiger partial charge in [-0.3, -0.25) is 14.8 Å². The van der Waals surface area contributed by atoms with Gasteiger partial charge in [0.25, 0.3) is 5.82 Å². The summed E-state index contributed by atoms with van der Waals surface area (Å²) in [6, 6.07) is -0.380. The molecular weight excluding hydrogens is 251 g/mol. The summed E-state index contributed by atoms with van der Waals surface area (Å²) >= 11 is 0. The number of nitrogens with zero attached hydrogens (tertiary/aromatic N) is 3. The molecule has 0 fully saturated rings. The molecule has 102 valence electrons. The Kier molecular flexibility index (Phi) is 4.28. The molecule has 0 saturated carbocycles. The van der Waals surface area contributed by atoms with E-state index in [1.54, 1.807) is 25.9 Å². The lowest BCUT2D eigenvalue weighted by Gasteiger charge is -2.18. The number of H-pyrrole nitrogens is 1. The summed E-state index contributed by atoms with van der Waals surface area (Å²) in [6.07, 6.45) is -4.59. The molecule has 1 aromatic heterocycles. The van der Waals surface area contributed by atoms with Gasteiger partial charge in [0.05, 0.1) is 12.6 Å². The minimum Gasteiger partial charge on any atom is -0.347 e. The average Bonchev–Trinajstić information content (AvgIpc) is 2.72. The van der Waals surface area contributed by atoms with Gasteiger partial charge in [0, 0.05) is 0 Å². The molecule has 0 aliphatic rings. The second-order valence-electron chi connectivity index (χ2n) is 3.96. The van der Waals surface area contributed by atoms with Crippen molar-refractivity contribution in [3.8, 4) is 0 Å². The van der Waals surface area contributed by atoms with Gasteiger partial charge in [-0.1, -0.05) is 0 Å². The summed E-state index contributed by atoms with van der Waals surface area (Å²) < 4.78 is 36.6. The van der Waals surface area contributed by atoms with Crippen molar-refractivity contribution in [3.05, 3.63) is 11.6 Å². The maximum atomic E-state index is 12.2. The Balaban J connectivity index is 2.55. The summed E-state index contributed by atoms with van der Waals surface area (Å²) in [5.74, 6) is -1.58. The van der Waals surface area contributed by atoms with E-state index in [9.17, 15) is 18.0 Å². The lowest BCUT2D eigenvalue weighted by atomic mass is 10.3. The second kappa shape index (κ2) is 5.34. The normalized spacial score (nSPS) is 13.7. The van der Waals surface area contributed by atoms with E-state index < -0.39 is 12.0 Å². The zero-order chi connectivity index (χ0) is 13.9. The number of rotatable bonds is 4. The van der Waals surface area contributed by atoms with E-state index >= 15 is 0 Å². The minimum absolute atomic E-state index is 0.0402. The van der Waals surface area contributed by atoms with Crippen LogP contribution in [-0.2, 0) is 17.5 Å². The highest BCUT2D eigenvalue weighted by Gasteiger charge is 2.36. The zero-order valence-corrected chi connectivity index (χ0v) is 10.2. The third-order valence-electron chi connectivity index (χ3n) is 2.37. The molecule has 0 aliphatic carbocycles. The molecule has 2 N–H and O–H groups in total. The second-order valence-corrected chi connectivity index (χ2v) is 3.96. The molecule has 0 radical (unpaired) electrons. The maximum Gasteiger partial charge on any atom is 0.453 e. The number of nitrogens with one attached hydrogen (secondary N) is 2. The molecule has 0 saturated heterocycles. The van der Waals surface area contributed by atoms with Crippen LogP contribution in [0.15, 0.2) is 0 Å². The van der Waals surface area contributed by atoms with Gasteiger partial charge < -0.3 is 5.32 Å². The lowest BCUT2D eigenvalue weighted by molar-refractivity contribution is -0.144. The fraction of sp³-hybridized carbons (Fsp3) is 0.667. The Labute approximate surface area is 102 Å². The van der Waals surface area contributed by atoms with Crippen molar-refractivity contribution in [2.75, 3.05) is 14.1 Å². The molecule has 0 bridgehead atoms. The monoisotopic (exact) mass is 265 g/mol.